The Hall–Kier alpha value is -3.43. The molecule has 0 saturated heterocycles. The van der Waals surface area contributed by atoms with Crippen LogP contribution in [0.1, 0.15) is 55.6 Å². The number of allylic oxidation sites excluding steroid dienone is 4. The van der Waals surface area contributed by atoms with Crippen LogP contribution < -0.4 is 4.18 Å². The molecule has 3 aliphatic rings. The molecule has 0 unspecified atom stereocenters. The van der Waals surface area contributed by atoms with Gasteiger partial charge < -0.3 is 14.2 Å². The van der Waals surface area contributed by atoms with Gasteiger partial charge in [-0.05, 0) is 62.9 Å². The molecule has 38 heavy (non-hydrogen) atoms. The van der Waals surface area contributed by atoms with E-state index in [2.05, 4.69) is 0 Å². The number of carboxylic acids is 1. The SMILES string of the molecule is Cc1ccc(S(=O)(=O)Oc2ccc(Cl)cc2C2C3=C(CCCC3=O)N(CC(=O)O)C3=C2C(=O)CCC3)cc1. The molecule has 8 nitrogen and oxygen atoms in total. The van der Waals surface area contributed by atoms with Crippen molar-refractivity contribution in [3.8, 4) is 5.75 Å². The van der Waals surface area contributed by atoms with Crippen molar-refractivity contribution in [3.05, 3.63) is 81.2 Å². The van der Waals surface area contributed by atoms with Gasteiger partial charge in [0.2, 0.25) is 0 Å². The van der Waals surface area contributed by atoms with Crippen LogP contribution in [0.5, 0.6) is 5.75 Å². The second-order valence-corrected chi connectivity index (χ2v) is 11.7. The Morgan fingerprint density at radius 1 is 0.974 bits per heavy atom. The number of aryl methyl sites for hydroxylation is 1. The topological polar surface area (TPSA) is 118 Å². The number of hydrogen-bond donors (Lipinski definition) is 1. The highest BCUT2D eigenvalue weighted by molar-refractivity contribution is 7.87. The fraction of sp³-hybridized carbons (Fsp3) is 0.321. The second-order valence-electron chi connectivity index (χ2n) is 9.72. The first-order valence-corrected chi connectivity index (χ1v) is 14.2. The Labute approximate surface area is 225 Å². The third kappa shape index (κ3) is 4.76. The highest BCUT2D eigenvalue weighted by Gasteiger charge is 2.45. The van der Waals surface area contributed by atoms with Crippen molar-refractivity contribution in [2.45, 2.75) is 56.3 Å². The van der Waals surface area contributed by atoms with Gasteiger partial charge >= 0.3 is 16.1 Å². The van der Waals surface area contributed by atoms with Crippen molar-refractivity contribution in [2.24, 2.45) is 0 Å². The molecule has 198 valence electrons. The molecule has 1 N–H and O–H groups in total. The summed E-state index contributed by atoms with van der Waals surface area (Å²) in [4.78, 5) is 40.1. The minimum absolute atomic E-state index is 0.0393. The number of carboxylic acid groups (broad SMARTS) is 1. The largest absolute Gasteiger partial charge is 0.480 e. The maximum atomic E-state index is 13.4. The first-order valence-electron chi connectivity index (χ1n) is 12.4. The van der Waals surface area contributed by atoms with E-state index in [0.717, 1.165) is 5.56 Å². The first-order chi connectivity index (χ1) is 18.1. The summed E-state index contributed by atoms with van der Waals surface area (Å²) in [6, 6.07) is 10.6. The molecule has 0 radical (unpaired) electrons. The maximum Gasteiger partial charge on any atom is 0.339 e. The molecule has 0 amide bonds. The van der Waals surface area contributed by atoms with Crippen LogP contribution >= 0.6 is 11.6 Å². The number of hydrogen-bond acceptors (Lipinski definition) is 7. The molecule has 0 saturated carbocycles. The maximum absolute atomic E-state index is 13.4. The number of rotatable bonds is 6. The molecule has 0 atom stereocenters. The van der Waals surface area contributed by atoms with E-state index >= 15 is 0 Å². The zero-order chi connectivity index (χ0) is 27.2. The van der Waals surface area contributed by atoms with Gasteiger partial charge in [-0.3, -0.25) is 14.4 Å². The van der Waals surface area contributed by atoms with Crippen LogP contribution in [0, 0.1) is 6.92 Å². The summed E-state index contributed by atoms with van der Waals surface area (Å²) in [7, 11) is -4.25. The molecular weight excluding hydrogens is 530 g/mol. The van der Waals surface area contributed by atoms with E-state index < -0.39 is 22.0 Å². The lowest BCUT2D eigenvalue weighted by Gasteiger charge is -2.43. The van der Waals surface area contributed by atoms with Gasteiger partial charge in [-0.1, -0.05) is 29.3 Å². The van der Waals surface area contributed by atoms with Gasteiger partial charge in [0.15, 0.2) is 11.6 Å². The van der Waals surface area contributed by atoms with E-state index in [1.165, 1.54) is 30.3 Å². The minimum Gasteiger partial charge on any atom is -0.480 e. The molecule has 0 aromatic heterocycles. The zero-order valence-electron chi connectivity index (χ0n) is 20.7. The van der Waals surface area contributed by atoms with Crippen molar-refractivity contribution < 1.29 is 32.1 Å². The Bertz CT molecular complexity index is 1480. The molecule has 1 heterocycles. The third-order valence-corrected chi connectivity index (χ3v) is 8.66. The fourth-order valence-electron chi connectivity index (χ4n) is 5.55. The van der Waals surface area contributed by atoms with Gasteiger partial charge in [-0.15, -0.1) is 0 Å². The Morgan fingerprint density at radius 2 is 1.55 bits per heavy atom. The summed E-state index contributed by atoms with van der Waals surface area (Å²) < 4.78 is 32.1. The molecule has 2 aromatic carbocycles. The smallest absolute Gasteiger partial charge is 0.339 e. The van der Waals surface area contributed by atoms with Crippen LogP contribution in [0.3, 0.4) is 0 Å². The van der Waals surface area contributed by atoms with E-state index in [1.807, 2.05) is 6.92 Å². The zero-order valence-corrected chi connectivity index (χ0v) is 22.3. The average molecular weight is 556 g/mol. The number of Topliss-reactive ketones (excluding diaryl/α,β-unsaturated/α-hetero) is 2. The lowest BCUT2D eigenvalue weighted by Crippen LogP contribution is -2.41. The number of benzene rings is 2. The molecule has 2 aliphatic carbocycles. The summed E-state index contributed by atoms with van der Waals surface area (Å²) in [5.74, 6) is -2.43. The molecule has 0 spiro atoms. The van der Waals surface area contributed by atoms with E-state index in [4.69, 9.17) is 15.8 Å². The summed E-state index contributed by atoms with van der Waals surface area (Å²) >= 11 is 6.37. The van der Waals surface area contributed by atoms with Gasteiger partial charge in [-0.2, -0.15) is 8.42 Å². The summed E-state index contributed by atoms with van der Waals surface area (Å²) in [5, 5.41) is 9.91. The molecular formula is C28H26ClNO7S. The number of carbonyl (C=O) groups is 3. The van der Waals surface area contributed by atoms with Crippen LogP contribution in [-0.2, 0) is 24.5 Å². The lowest BCUT2D eigenvalue weighted by molar-refractivity contribution is -0.138. The lowest BCUT2D eigenvalue weighted by atomic mass is 9.70. The van der Waals surface area contributed by atoms with E-state index in [-0.39, 0.29) is 52.2 Å². The molecule has 10 heteroatoms. The molecule has 0 fully saturated rings. The van der Waals surface area contributed by atoms with Crippen molar-refractivity contribution in [1.29, 1.82) is 0 Å². The number of ketones is 2. The van der Waals surface area contributed by atoms with Gasteiger partial charge in [0.05, 0.1) is 0 Å². The Balaban J connectivity index is 1.71. The van der Waals surface area contributed by atoms with Gasteiger partial charge in [0, 0.05) is 51.9 Å². The first kappa shape index (κ1) is 26.2. The summed E-state index contributed by atoms with van der Waals surface area (Å²) in [5.41, 5.74) is 2.92. The molecule has 2 aromatic rings. The average Bonchev–Trinajstić information content (AvgIpc) is 2.86. The standard InChI is InChI=1S/C28H26ClNO7S/c1-16-8-11-18(12-9-16)38(35,36)37-24-13-10-17(29)14-19(24)26-27-20(4-2-6-22(27)31)30(15-25(33)34)21-5-3-7-23(32)28(21)26/h8-14,26H,2-7,15H2,1H3,(H,33,34). The second kappa shape index (κ2) is 10.0. The van der Waals surface area contributed by atoms with Crippen molar-refractivity contribution in [3.63, 3.8) is 0 Å². The highest BCUT2D eigenvalue weighted by Crippen LogP contribution is 2.51. The van der Waals surface area contributed by atoms with Crippen molar-refractivity contribution in [2.75, 3.05) is 6.54 Å². The van der Waals surface area contributed by atoms with E-state index in [0.29, 0.717) is 48.2 Å². The molecule has 1 aliphatic heterocycles. The predicted molar refractivity (Wildman–Crippen MR) is 139 cm³/mol. The van der Waals surface area contributed by atoms with Crippen molar-refractivity contribution in [1.82, 2.24) is 4.90 Å². The minimum atomic E-state index is -4.25. The Kier molecular flexibility index (Phi) is 6.92. The monoisotopic (exact) mass is 555 g/mol. The fourth-order valence-corrected chi connectivity index (χ4v) is 6.68. The molecule has 0 bridgehead atoms. The number of aliphatic carboxylic acids is 1. The number of carbonyl (C=O) groups excluding carboxylic acids is 2. The van der Waals surface area contributed by atoms with Crippen LogP contribution in [-0.4, -0.2) is 42.5 Å². The van der Waals surface area contributed by atoms with Gasteiger partial charge in [0.1, 0.15) is 17.2 Å². The van der Waals surface area contributed by atoms with Crippen LogP contribution in [0.2, 0.25) is 5.02 Å². The van der Waals surface area contributed by atoms with Gasteiger partial charge in [0.25, 0.3) is 0 Å². The summed E-state index contributed by atoms with van der Waals surface area (Å²) in [6.07, 6.45) is 2.52. The van der Waals surface area contributed by atoms with Crippen LogP contribution in [0.4, 0.5) is 0 Å². The van der Waals surface area contributed by atoms with E-state index in [9.17, 15) is 27.9 Å². The Morgan fingerprint density at radius 3 is 2.11 bits per heavy atom. The quantitative estimate of drug-likeness (QED) is 0.499. The number of halogens is 1. The predicted octanol–water partition coefficient (Wildman–Crippen LogP) is 4.91. The van der Waals surface area contributed by atoms with Crippen LogP contribution in [0.15, 0.2) is 69.9 Å². The number of nitrogens with zero attached hydrogens (tertiary/aromatic N) is 1. The molecule has 5 rings (SSSR count). The van der Waals surface area contributed by atoms with Gasteiger partial charge in [-0.25, -0.2) is 0 Å². The van der Waals surface area contributed by atoms with Crippen LogP contribution in [0.25, 0.3) is 0 Å². The van der Waals surface area contributed by atoms with Crippen molar-refractivity contribution >= 4 is 39.3 Å². The third-order valence-electron chi connectivity index (χ3n) is 7.17. The normalized spacial score (nSPS) is 18.4. The highest BCUT2D eigenvalue weighted by atomic mass is 35.5. The van der Waals surface area contributed by atoms with E-state index in [1.54, 1.807) is 17.0 Å². The summed E-state index contributed by atoms with van der Waals surface area (Å²) in [6.45, 7) is 1.47.